The molecule has 0 fully saturated rings. The van der Waals surface area contributed by atoms with Crippen LogP contribution in [0.5, 0.6) is 5.88 Å². The standard InChI is InChI=1S/C15H18N2OS/c1-11(16)12-6-8-14(9-7-12)19-10-13-4-3-5-15(17-13)18-2/h3-9,11H,10,16H2,1-2H3. The SMILES string of the molecule is COc1cccc(CSc2ccc(C(C)N)cc2)n1. The Labute approximate surface area is 118 Å². The number of ether oxygens (including phenoxy) is 1. The molecule has 100 valence electrons. The van der Waals surface area contributed by atoms with Crippen LogP contribution in [0.1, 0.15) is 24.2 Å². The fourth-order valence-corrected chi connectivity index (χ4v) is 2.48. The van der Waals surface area contributed by atoms with E-state index in [1.54, 1.807) is 18.9 Å². The first-order valence-corrected chi connectivity index (χ1v) is 7.16. The second kappa shape index (κ2) is 6.59. The van der Waals surface area contributed by atoms with Gasteiger partial charge in [0, 0.05) is 22.8 Å². The van der Waals surface area contributed by atoms with Crippen molar-refractivity contribution < 1.29 is 4.74 Å². The van der Waals surface area contributed by atoms with Gasteiger partial charge >= 0.3 is 0 Å². The Bertz CT molecular complexity index is 526. The molecule has 1 heterocycles. The average Bonchev–Trinajstić information content (AvgIpc) is 2.46. The van der Waals surface area contributed by atoms with Crippen molar-refractivity contribution in [2.45, 2.75) is 23.6 Å². The highest BCUT2D eigenvalue weighted by molar-refractivity contribution is 7.98. The maximum absolute atomic E-state index is 5.83. The summed E-state index contributed by atoms with van der Waals surface area (Å²) in [5, 5.41) is 0. The first kappa shape index (κ1) is 13.9. The predicted octanol–water partition coefficient (Wildman–Crippen LogP) is 3.40. The van der Waals surface area contributed by atoms with Crippen LogP contribution < -0.4 is 10.5 Å². The van der Waals surface area contributed by atoms with E-state index in [4.69, 9.17) is 10.5 Å². The van der Waals surface area contributed by atoms with Gasteiger partial charge in [0.05, 0.1) is 12.8 Å². The first-order valence-electron chi connectivity index (χ1n) is 6.17. The lowest BCUT2D eigenvalue weighted by molar-refractivity contribution is 0.397. The summed E-state index contributed by atoms with van der Waals surface area (Å²) in [5.74, 6) is 1.49. The summed E-state index contributed by atoms with van der Waals surface area (Å²) in [5.41, 5.74) is 8.00. The smallest absolute Gasteiger partial charge is 0.213 e. The summed E-state index contributed by atoms with van der Waals surface area (Å²) in [6.45, 7) is 1.99. The topological polar surface area (TPSA) is 48.1 Å². The third-order valence-corrected chi connectivity index (χ3v) is 3.83. The molecule has 1 aromatic carbocycles. The summed E-state index contributed by atoms with van der Waals surface area (Å²) in [6.07, 6.45) is 0. The van der Waals surface area contributed by atoms with Crippen molar-refractivity contribution in [2.75, 3.05) is 7.11 Å². The highest BCUT2D eigenvalue weighted by Crippen LogP contribution is 2.24. The molecule has 0 aliphatic carbocycles. The third kappa shape index (κ3) is 3.98. The van der Waals surface area contributed by atoms with Crippen LogP contribution in [0, 0.1) is 0 Å². The number of pyridine rings is 1. The van der Waals surface area contributed by atoms with E-state index in [9.17, 15) is 0 Å². The molecular weight excluding hydrogens is 256 g/mol. The van der Waals surface area contributed by atoms with Crippen LogP contribution in [0.2, 0.25) is 0 Å². The molecule has 0 radical (unpaired) electrons. The Morgan fingerprint density at radius 3 is 2.58 bits per heavy atom. The zero-order chi connectivity index (χ0) is 13.7. The summed E-state index contributed by atoms with van der Waals surface area (Å²) >= 11 is 1.75. The normalized spacial score (nSPS) is 12.2. The molecule has 0 aliphatic heterocycles. The Hall–Kier alpha value is -1.52. The third-order valence-electron chi connectivity index (χ3n) is 2.78. The molecule has 2 aromatic rings. The monoisotopic (exact) mass is 274 g/mol. The van der Waals surface area contributed by atoms with Crippen LogP contribution in [-0.4, -0.2) is 12.1 Å². The van der Waals surface area contributed by atoms with Gasteiger partial charge in [0.15, 0.2) is 0 Å². The van der Waals surface area contributed by atoms with Gasteiger partial charge in [-0.25, -0.2) is 4.98 Å². The number of thioether (sulfide) groups is 1. The quantitative estimate of drug-likeness (QED) is 0.849. The predicted molar refractivity (Wildman–Crippen MR) is 79.4 cm³/mol. The molecule has 0 bridgehead atoms. The van der Waals surface area contributed by atoms with E-state index in [-0.39, 0.29) is 6.04 Å². The van der Waals surface area contributed by atoms with E-state index >= 15 is 0 Å². The highest BCUT2D eigenvalue weighted by Gasteiger charge is 2.02. The number of aromatic nitrogens is 1. The minimum absolute atomic E-state index is 0.0825. The molecular formula is C15H18N2OS. The van der Waals surface area contributed by atoms with Crippen molar-refractivity contribution >= 4 is 11.8 Å². The Morgan fingerprint density at radius 2 is 1.95 bits per heavy atom. The zero-order valence-electron chi connectivity index (χ0n) is 11.2. The van der Waals surface area contributed by atoms with Crippen molar-refractivity contribution in [3.63, 3.8) is 0 Å². The summed E-state index contributed by atoms with van der Waals surface area (Å²) in [4.78, 5) is 5.61. The van der Waals surface area contributed by atoms with Crippen LogP contribution in [0.25, 0.3) is 0 Å². The molecule has 0 saturated carbocycles. The maximum Gasteiger partial charge on any atom is 0.213 e. The van der Waals surface area contributed by atoms with Crippen molar-refractivity contribution in [3.8, 4) is 5.88 Å². The van der Waals surface area contributed by atoms with Crippen molar-refractivity contribution in [1.29, 1.82) is 0 Å². The van der Waals surface area contributed by atoms with E-state index in [0.717, 1.165) is 17.0 Å². The summed E-state index contributed by atoms with van der Waals surface area (Å²) in [7, 11) is 1.63. The fourth-order valence-electron chi connectivity index (χ4n) is 1.68. The molecule has 0 spiro atoms. The molecule has 1 unspecified atom stereocenters. The summed E-state index contributed by atoms with van der Waals surface area (Å²) < 4.78 is 5.11. The van der Waals surface area contributed by atoms with Gasteiger partial charge in [-0.3, -0.25) is 0 Å². The van der Waals surface area contributed by atoms with Crippen LogP contribution in [0.3, 0.4) is 0 Å². The lowest BCUT2D eigenvalue weighted by Crippen LogP contribution is -2.04. The van der Waals surface area contributed by atoms with Crippen molar-refractivity contribution in [2.24, 2.45) is 5.73 Å². The Kier molecular flexibility index (Phi) is 4.82. The zero-order valence-corrected chi connectivity index (χ0v) is 12.0. The second-order valence-electron chi connectivity index (χ2n) is 4.32. The van der Waals surface area contributed by atoms with Crippen molar-refractivity contribution in [1.82, 2.24) is 4.98 Å². The van der Waals surface area contributed by atoms with Gasteiger partial charge in [0.1, 0.15) is 0 Å². The molecule has 0 saturated heterocycles. The van der Waals surface area contributed by atoms with E-state index < -0.39 is 0 Å². The molecule has 0 amide bonds. The lowest BCUT2D eigenvalue weighted by atomic mass is 10.1. The van der Waals surface area contributed by atoms with E-state index in [0.29, 0.717) is 5.88 Å². The molecule has 19 heavy (non-hydrogen) atoms. The number of hydrogen-bond donors (Lipinski definition) is 1. The number of nitrogens with two attached hydrogens (primary N) is 1. The molecule has 1 aromatic heterocycles. The maximum atomic E-state index is 5.83. The van der Waals surface area contributed by atoms with Crippen LogP contribution in [0.4, 0.5) is 0 Å². The van der Waals surface area contributed by atoms with Gasteiger partial charge < -0.3 is 10.5 Å². The van der Waals surface area contributed by atoms with Crippen LogP contribution >= 0.6 is 11.8 Å². The first-order chi connectivity index (χ1) is 9.19. The van der Waals surface area contributed by atoms with Gasteiger partial charge in [-0.05, 0) is 30.7 Å². The second-order valence-corrected chi connectivity index (χ2v) is 5.37. The molecule has 4 heteroatoms. The van der Waals surface area contributed by atoms with Crippen LogP contribution in [0.15, 0.2) is 47.4 Å². The van der Waals surface area contributed by atoms with E-state index in [2.05, 4.69) is 29.2 Å². The summed E-state index contributed by atoms with van der Waals surface area (Å²) in [6, 6.07) is 14.3. The van der Waals surface area contributed by atoms with Gasteiger partial charge in [-0.2, -0.15) is 0 Å². The molecule has 0 aliphatic rings. The largest absolute Gasteiger partial charge is 0.481 e. The van der Waals surface area contributed by atoms with Gasteiger partial charge in [-0.15, -0.1) is 11.8 Å². The van der Waals surface area contributed by atoms with Gasteiger partial charge in [0.2, 0.25) is 5.88 Å². The Morgan fingerprint density at radius 1 is 1.21 bits per heavy atom. The number of methoxy groups -OCH3 is 1. The minimum Gasteiger partial charge on any atom is -0.481 e. The average molecular weight is 274 g/mol. The van der Waals surface area contributed by atoms with Crippen LogP contribution in [-0.2, 0) is 5.75 Å². The van der Waals surface area contributed by atoms with E-state index in [1.807, 2.05) is 25.1 Å². The van der Waals surface area contributed by atoms with Crippen molar-refractivity contribution in [3.05, 3.63) is 53.7 Å². The highest BCUT2D eigenvalue weighted by atomic mass is 32.2. The van der Waals surface area contributed by atoms with Gasteiger partial charge in [0.25, 0.3) is 0 Å². The number of hydrogen-bond acceptors (Lipinski definition) is 4. The molecule has 1 atom stereocenters. The number of nitrogens with zero attached hydrogens (tertiary/aromatic N) is 1. The molecule has 3 nitrogen and oxygen atoms in total. The van der Waals surface area contributed by atoms with Gasteiger partial charge in [-0.1, -0.05) is 18.2 Å². The molecule has 2 N–H and O–H groups in total. The molecule has 2 rings (SSSR count). The fraction of sp³-hybridized carbons (Fsp3) is 0.267. The number of benzene rings is 1. The minimum atomic E-state index is 0.0825. The lowest BCUT2D eigenvalue weighted by Gasteiger charge is -2.07. The number of rotatable bonds is 5. The van der Waals surface area contributed by atoms with E-state index in [1.165, 1.54) is 4.90 Å². The Balaban J connectivity index is 1.98.